The van der Waals surface area contributed by atoms with Crippen molar-refractivity contribution in [3.05, 3.63) is 81.8 Å². The zero-order chi connectivity index (χ0) is 32.3. The van der Waals surface area contributed by atoms with Crippen molar-refractivity contribution in [3.8, 4) is 11.5 Å². The first kappa shape index (κ1) is 33.6. The Kier molecular flexibility index (Phi) is 9.93. The molecule has 1 N–H and O–H groups in total. The highest BCUT2D eigenvalue weighted by Gasteiger charge is 2.73. The van der Waals surface area contributed by atoms with Crippen LogP contribution in [0, 0.1) is 0 Å². The number of carbonyl (C=O) groups excluding carboxylic acids is 2. The van der Waals surface area contributed by atoms with Gasteiger partial charge in [0.15, 0.2) is 11.5 Å². The summed E-state index contributed by atoms with van der Waals surface area (Å²) in [5, 5.41) is 2.06. The highest BCUT2D eigenvalue weighted by atomic mass is 79.9. The fraction of sp³-hybridized carbons (Fsp3) is 0.259. The molecule has 0 spiro atoms. The van der Waals surface area contributed by atoms with Gasteiger partial charge >= 0.3 is 24.6 Å². The van der Waals surface area contributed by atoms with E-state index in [4.69, 9.17) is 4.74 Å². The quantitative estimate of drug-likeness (QED) is 0.230. The van der Waals surface area contributed by atoms with E-state index in [0.717, 1.165) is 7.11 Å². The van der Waals surface area contributed by atoms with Gasteiger partial charge in [0.25, 0.3) is 11.8 Å². The Hall–Kier alpha value is -3.95. The summed E-state index contributed by atoms with van der Waals surface area (Å²) >= 11 is 2.62. The molecule has 0 heterocycles. The minimum atomic E-state index is -6.55. The Labute approximate surface area is 246 Å². The van der Waals surface area contributed by atoms with Crippen LogP contribution in [-0.4, -0.2) is 44.4 Å². The van der Waals surface area contributed by atoms with Crippen LogP contribution in [0.2, 0.25) is 0 Å². The number of rotatable bonds is 9. The molecular formula is C27H20BrF9N2O4. The SMILES string of the molecule is CCN(C(=O)c1ccccc1)c1cccc(C(=O)Nc2c(Br)cc(C(F)(C(F)(F)F)C(F)(F)F)cc2OC(F)F)c1OC. The summed E-state index contributed by atoms with van der Waals surface area (Å²) < 4.78 is 129. The van der Waals surface area contributed by atoms with Crippen LogP contribution >= 0.6 is 15.9 Å². The summed E-state index contributed by atoms with van der Waals surface area (Å²) in [4.78, 5) is 27.7. The van der Waals surface area contributed by atoms with Gasteiger partial charge in [0.05, 0.1) is 24.0 Å². The maximum absolute atomic E-state index is 14.7. The van der Waals surface area contributed by atoms with E-state index in [1.54, 1.807) is 37.3 Å². The van der Waals surface area contributed by atoms with Crippen molar-refractivity contribution < 1.29 is 58.6 Å². The molecule has 0 saturated heterocycles. The summed E-state index contributed by atoms with van der Waals surface area (Å²) in [7, 11) is 1.15. The van der Waals surface area contributed by atoms with Crippen molar-refractivity contribution in [1.82, 2.24) is 0 Å². The second-order valence-corrected chi connectivity index (χ2v) is 9.45. The van der Waals surface area contributed by atoms with Crippen LogP contribution in [-0.2, 0) is 5.67 Å². The van der Waals surface area contributed by atoms with Crippen LogP contribution in [0.15, 0.2) is 65.1 Å². The minimum Gasteiger partial charge on any atom is -0.494 e. The predicted octanol–water partition coefficient (Wildman–Crippen LogP) is 8.27. The summed E-state index contributed by atoms with van der Waals surface area (Å²) in [5.74, 6) is -3.23. The van der Waals surface area contributed by atoms with Crippen molar-refractivity contribution in [3.63, 3.8) is 0 Å². The third-order valence-electron chi connectivity index (χ3n) is 6.00. The van der Waals surface area contributed by atoms with E-state index in [-0.39, 0.29) is 35.7 Å². The lowest BCUT2D eigenvalue weighted by Crippen LogP contribution is -2.50. The maximum atomic E-state index is 14.7. The molecular weight excluding hydrogens is 667 g/mol. The molecule has 0 unspecified atom stereocenters. The van der Waals surface area contributed by atoms with Crippen molar-refractivity contribution in [2.75, 3.05) is 23.9 Å². The molecule has 0 radical (unpaired) electrons. The van der Waals surface area contributed by atoms with Gasteiger partial charge in [0, 0.05) is 22.1 Å². The highest BCUT2D eigenvalue weighted by molar-refractivity contribution is 9.10. The summed E-state index contributed by atoms with van der Waals surface area (Å²) in [6.07, 6.45) is -13.1. The molecule has 0 aliphatic heterocycles. The highest BCUT2D eigenvalue weighted by Crippen LogP contribution is 2.55. The Morgan fingerprint density at radius 2 is 1.53 bits per heavy atom. The molecule has 0 bridgehead atoms. The number of benzene rings is 3. The first-order chi connectivity index (χ1) is 20.0. The third kappa shape index (κ3) is 6.68. The molecule has 43 heavy (non-hydrogen) atoms. The number of para-hydroxylation sites is 1. The van der Waals surface area contributed by atoms with Gasteiger partial charge in [0.1, 0.15) is 0 Å². The van der Waals surface area contributed by atoms with E-state index >= 15 is 0 Å². The Bertz CT molecular complexity index is 1470. The topological polar surface area (TPSA) is 67.9 Å². The Balaban J connectivity index is 2.11. The van der Waals surface area contributed by atoms with Crippen LogP contribution in [0.1, 0.15) is 33.2 Å². The van der Waals surface area contributed by atoms with Crippen LogP contribution in [0.25, 0.3) is 0 Å². The fourth-order valence-corrected chi connectivity index (χ4v) is 4.59. The molecule has 2 amide bonds. The number of nitrogens with zero attached hydrogens (tertiary/aromatic N) is 1. The molecule has 0 fully saturated rings. The zero-order valence-electron chi connectivity index (χ0n) is 21.9. The number of hydrogen-bond acceptors (Lipinski definition) is 4. The van der Waals surface area contributed by atoms with Gasteiger partial charge in [-0.1, -0.05) is 24.3 Å². The summed E-state index contributed by atoms with van der Waals surface area (Å²) in [6.45, 7) is -2.08. The first-order valence-corrected chi connectivity index (χ1v) is 12.7. The van der Waals surface area contributed by atoms with Crippen LogP contribution in [0.5, 0.6) is 11.5 Å². The van der Waals surface area contributed by atoms with Gasteiger partial charge in [-0.25, -0.2) is 4.39 Å². The number of nitrogens with one attached hydrogen (secondary N) is 1. The predicted molar refractivity (Wildman–Crippen MR) is 140 cm³/mol. The Morgan fingerprint density at radius 1 is 0.930 bits per heavy atom. The number of anilines is 2. The van der Waals surface area contributed by atoms with E-state index < -0.39 is 57.9 Å². The Morgan fingerprint density at radius 3 is 2.05 bits per heavy atom. The van der Waals surface area contributed by atoms with Gasteiger partial charge in [-0.15, -0.1) is 0 Å². The molecule has 16 heteroatoms. The molecule has 0 aromatic heterocycles. The normalized spacial score (nSPS) is 12.2. The van der Waals surface area contributed by atoms with Crippen molar-refractivity contribution >= 4 is 39.1 Å². The van der Waals surface area contributed by atoms with E-state index in [1.165, 1.54) is 23.1 Å². The smallest absolute Gasteiger partial charge is 0.435 e. The number of hydrogen-bond donors (Lipinski definition) is 1. The molecule has 0 saturated carbocycles. The summed E-state index contributed by atoms with van der Waals surface area (Å²) in [5.41, 5.74) is -8.88. The van der Waals surface area contributed by atoms with Crippen LogP contribution in [0.4, 0.5) is 50.9 Å². The number of alkyl halides is 9. The van der Waals surface area contributed by atoms with E-state index in [2.05, 4.69) is 26.0 Å². The lowest BCUT2D eigenvalue weighted by molar-refractivity contribution is -0.348. The molecule has 0 aliphatic carbocycles. The molecule has 6 nitrogen and oxygen atoms in total. The van der Waals surface area contributed by atoms with Crippen LogP contribution < -0.4 is 19.7 Å². The lowest BCUT2D eigenvalue weighted by atomic mass is 9.93. The lowest BCUT2D eigenvalue weighted by Gasteiger charge is -2.31. The van der Waals surface area contributed by atoms with E-state index in [9.17, 15) is 49.1 Å². The van der Waals surface area contributed by atoms with Crippen molar-refractivity contribution in [1.29, 1.82) is 0 Å². The third-order valence-corrected chi connectivity index (χ3v) is 6.63. The first-order valence-electron chi connectivity index (χ1n) is 11.9. The fourth-order valence-electron chi connectivity index (χ4n) is 4.05. The molecule has 0 atom stereocenters. The van der Waals surface area contributed by atoms with Gasteiger partial charge in [-0.05, 0) is 59.3 Å². The standard InChI is InChI=1S/C27H20BrF9N2O4/c1-3-39(23(41)14-8-5-4-6-9-14)18-11-7-10-16(21(18)42-2)22(40)38-20-17(28)12-15(13-19(20)43-24(29)30)25(31,26(32,33)34)27(35,36)37/h4-13,24H,3H2,1-2H3,(H,38,40). The number of carbonyl (C=O) groups is 2. The second-order valence-electron chi connectivity index (χ2n) is 8.59. The number of amides is 2. The summed E-state index contributed by atoms with van der Waals surface area (Å²) in [6, 6.07) is 11.8. The monoisotopic (exact) mass is 686 g/mol. The van der Waals surface area contributed by atoms with Gasteiger partial charge < -0.3 is 19.7 Å². The van der Waals surface area contributed by atoms with E-state index in [0.29, 0.717) is 5.56 Å². The zero-order valence-corrected chi connectivity index (χ0v) is 23.5. The average molecular weight is 687 g/mol. The van der Waals surface area contributed by atoms with E-state index in [1.807, 2.05) is 0 Å². The van der Waals surface area contributed by atoms with Gasteiger partial charge in [0.2, 0.25) is 0 Å². The molecule has 3 aromatic carbocycles. The van der Waals surface area contributed by atoms with Crippen molar-refractivity contribution in [2.24, 2.45) is 0 Å². The molecule has 3 rings (SSSR count). The average Bonchev–Trinajstić information content (AvgIpc) is 2.93. The number of ether oxygens (including phenoxy) is 2. The van der Waals surface area contributed by atoms with Crippen LogP contribution in [0.3, 0.4) is 0 Å². The molecule has 0 aliphatic rings. The number of methoxy groups -OCH3 is 1. The van der Waals surface area contributed by atoms with Gasteiger partial charge in [-0.2, -0.15) is 35.1 Å². The number of halogens is 10. The minimum absolute atomic E-state index is 0.0277. The molecule has 232 valence electrons. The second kappa shape index (κ2) is 12.7. The van der Waals surface area contributed by atoms with Gasteiger partial charge in [-0.3, -0.25) is 9.59 Å². The maximum Gasteiger partial charge on any atom is 0.435 e. The largest absolute Gasteiger partial charge is 0.494 e. The van der Waals surface area contributed by atoms with Crippen molar-refractivity contribution in [2.45, 2.75) is 31.6 Å². The molecule has 3 aromatic rings.